The minimum atomic E-state index is -0.128. The lowest BCUT2D eigenvalue weighted by Gasteiger charge is -2.67. The molecular weight excluding hydrogens is 462 g/mol. The van der Waals surface area contributed by atoms with Crippen molar-refractivity contribution >= 4 is 6.29 Å². The summed E-state index contributed by atoms with van der Waals surface area (Å²) < 4.78 is 0. The van der Waals surface area contributed by atoms with Crippen LogP contribution in [0.15, 0.2) is 36.2 Å². The van der Waals surface area contributed by atoms with Crippen molar-refractivity contribution in [2.75, 3.05) is 0 Å². The first kappa shape index (κ1) is 28.2. The van der Waals surface area contributed by atoms with Gasteiger partial charge in [-0.05, 0) is 115 Å². The summed E-state index contributed by atoms with van der Waals surface area (Å²) in [5, 5.41) is 3.64. The molecule has 0 aromatic rings. The van der Waals surface area contributed by atoms with Gasteiger partial charge in [-0.15, -0.1) is 0 Å². The number of nitrogens with one attached hydrogen (secondary N) is 1. The molecule has 1 heterocycles. The molecule has 0 amide bonds. The molecule has 0 bridgehead atoms. The van der Waals surface area contributed by atoms with Crippen molar-refractivity contribution in [1.29, 1.82) is 0 Å². The van der Waals surface area contributed by atoms with Crippen LogP contribution in [0, 0.1) is 69.5 Å². The third-order valence-corrected chi connectivity index (χ3v) is 13.5. The van der Waals surface area contributed by atoms with Crippen molar-refractivity contribution in [3.63, 3.8) is 0 Å². The van der Waals surface area contributed by atoms with Gasteiger partial charge in [-0.3, -0.25) is 0 Å². The molecular formula is C36H57NO. The SMILES string of the molecule is CC(C)CCC[C@@H](C)[C@H]1CC[C@H]2[C@@H]3C(C)C[C@H]4C(C)(C5=CC=CC=CN5)C(C=O)CC[C@]4(C)[C@H]3CC[C@]12C. The zero-order valence-electron chi connectivity index (χ0n) is 25.6. The number of rotatable bonds is 7. The molecule has 0 aromatic carbocycles. The fourth-order valence-electron chi connectivity index (χ4n) is 11.5. The van der Waals surface area contributed by atoms with E-state index in [9.17, 15) is 4.79 Å². The Morgan fingerprint density at radius 2 is 1.68 bits per heavy atom. The predicted molar refractivity (Wildman–Crippen MR) is 160 cm³/mol. The van der Waals surface area contributed by atoms with E-state index < -0.39 is 0 Å². The van der Waals surface area contributed by atoms with Crippen molar-refractivity contribution in [2.24, 2.45) is 69.5 Å². The van der Waals surface area contributed by atoms with Gasteiger partial charge in [0.05, 0.1) is 0 Å². The van der Waals surface area contributed by atoms with Gasteiger partial charge >= 0.3 is 0 Å². The Hall–Kier alpha value is -1.31. The van der Waals surface area contributed by atoms with Gasteiger partial charge in [0.15, 0.2) is 0 Å². The Bertz CT molecular complexity index is 960. The number of carbonyl (C=O) groups is 1. The standard InChI is InChI=1S/C36H57NO/c1-24(2)12-11-13-25(3)28-15-16-29-33-26(4)22-31-35(6,30(33)18-20-34(28,29)5)19-17-27(23-38)36(31,7)32-14-9-8-10-21-37-32/h8-10,14,21,23-31,33,37H,11-13,15-20,22H2,1-7H3/t25-,26?,27?,28-,29+,30+,31-,33+,34-,35-,36?/m1/s1. The van der Waals surface area contributed by atoms with Crippen LogP contribution < -0.4 is 5.32 Å². The van der Waals surface area contributed by atoms with Gasteiger partial charge < -0.3 is 10.1 Å². The summed E-state index contributed by atoms with van der Waals surface area (Å²) >= 11 is 0. The van der Waals surface area contributed by atoms with E-state index in [1.165, 1.54) is 69.8 Å². The Morgan fingerprint density at radius 1 is 0.947 bits per heavy atom. The van der Waals surface area contributed by atoms with Gasteiger partial charge in [-0.1, -0.05) is 79.9 Å². The van der Waals surface area contributed by atoms with Crippen molar-refractivity contribution < 1.29 is 4.79 Å². The zero-order valence-corrected chi connectivity index (χ0v) is 25.6. The van der Waals surface area contributed by atoms with Gasteiger partial charge in [-0.2, -0.15) is 0 Å². The molecule has 1 aliphatic heterocycles. The molecule has 2 heteroatoms. The van der Waals surface area contributed by atoms with Crippen LogP contribution in [-0.4, -0.2) is 6.29 Å². The highest BCUT2D eigenvalue weighted by Gasteiger charge is 2.66. The molecule has 212 valence electrons. The van der Waals surface area contributed by atoms with Crippen LogP contribution in [0.3, 0.4) is 0 Å². The molecule has 11 atom stereocenters. The average molecular weight is 520 g/mol. The van der Waals surface area contributed by atoms with E-state index in [-0.39, 0.29) is 11.3 Å². The van der Waals surface area contributed by atoms with Crippen LogP contribution in [0.25, 0.3) is 0 Å². The second-order valence-corrected chi connectivity index (χ2v) is 15.6. The number of hydrogen-bond donors (Lipinski definition) is 1. The van der Waals surface area contributed by atoms with Crippen molar-refractivity contribution in [3.05, 3.63) is 36.2 Å². The van der Waals surface area contributed by atoms with E-state index in [4.69, 9.17) is 0 Å². The summed E-state index contributed by atoms with van der Waals surface area (Å²) in [5.74, 6) is 6.53. The largest absolute Gasteiger partial charge is 0.365 e. The van der Waals surface area contributed by atoms with Crippen LogP contribution in [0.5, 0.6) is 0 Å². The van der Waals surface area contributed by atoms with Crippen LogP contribution >= 0.6 is 0 Å². The Labute approximate surface area is 234 Å². The fourth-order valence-corrected chi connectivity index (χ4v) is 11.5. The number of hydrogen-bond acceptors (Lipinski definition) is 2. The second-order valence-electron chi connectivity index (χ2n) is 15.6. The zero-order chi connectivity index (χ0) is 27.3. The molecule has 5 aliphatic rings. The van der Waals surface area contributed by atoms with Crippen LogP contribution in [0.2, 0.25) is 0 Å². The second kappa shape index (κ2) is 10.6. The topological polar surface area (TPSA) is 29.1 Å². The quantitative estimate of drug-likeness (QED) is 0.339. The fraction of sp³-hybridized carbons (Fsp3) is 0.806. The van der Waals surface area contributed by atoms with E-state index in [1.807, 2.05) is 0 Å². The first-order chi connectivity index (χ1) is 18.1. The Kier molecular flexibility index (Phi) is 7.86. The van der Waals surface area contributed by atoms with Gasteiger partial charge in [0.2, 0.25) is 0 Å². The molecule has 4 fully saturated rings. The summed E-state index contributed by atoms with van der Waals surface area (Å²) in [5.41, 5.74) is 1.98. The summed E-state index contributed by atoms with van der Waals surface area (Å²) in [6.07, 6.45) is 25.5. The van der Waals surface area contributed by atoms with E-state index in [0.29, 0.717) is 16.7 Å². The maximum absolute atomic E-state index is 12.6. The molecule has 0 spiro atoms. The molecule has 2 nitrogen and oxygen atoms in total. The van der Waals surface area contributed by atoms with Crippen LogP contribution in [-0.2, 0) is 4.79 Å². The van der Waals surface area contributed by atoms with E-state index in [0.717, 1.165) is 47.8 Å². The smallest absolute Gasteiger partial charge is 0.124 e. The maximum Gasteiger partial charge on any atom is 0.124 e. The molecule has 38 heavy (non-hydrogen) atoms. The summed E-state index contributed by atoms with van der Waals surface area (Å²) in [6, 6.07) is 0. The van der Waals surface area contributed by atoms with E-state index in [2.05, 4.69) is 84.3 Å². The summed E-state index contributed by atoms with van der Waals surface area (Å²) in [6.45, 7) is 17.8. The minimum absolute atomic E-state index is 0.0966. The molecule has 4 aliphatic carbocycles. The highest BCUT2D eigenvalue weighted by molar-refractivity contribution is 5.58. The summed E-state index contributed by atoms with van der Waals surface area (Å²) in [4.78, 5) is 12.6. The van der Waals surface area contributed by atoms with Gasteiger partial charge in [-0.25, -0.2) is 0 Å². The number of aldehydes is 1. The summed E-state index contributed by atoms with van der Waals surface area (Å²) in [7, 11) is 0. The minimum Gasteiger partial charge on any atom is -0.365 e. The molecule has 0 aromatic heterocycles. The monoisotopic (exact) mass is 519 g/mol. The van der Waals surface area contributed by atoms with E-state index >= 15 is 0 Å². The first-order valence-electron chi connectivity index (χ1n) is 16.3. The van der Waals surface area contributed by atoms with Crippen LogP contribution in [0.4, 0.5) is 0 Å². The molecule has 4 saturated carbocycles. The number of fused-ring (bicyclic) bond motifs is 5. The molecule has 0 radical (unpaired) electrons. The first-order valence-corrected chi connectivity index (χ1v) is 16.3. The van der Waals surface area contributed by atoms with Crippen molar-refractivity contribution in [2.45, 2.75) is 113 Å². The number of allylic oxidation sites excluding steroid dienone is 5. The lowest BCUT2D eigenvalue weighted by molar-refractivity contribution is -0.178. The highest BCUT2D eigenvalue weighted by atomic mass is 16.1. The molecule has 3 unspecified atom stereocenters. The van der Waals surface area contributed by atoms with Crippen LogP contribution in [0.1, 0.15) is 113 Å². The maximum atomic E-state index is 12.6. The number of carbonyl (C=O) groups excluding carboxylic acids is 1. The lowest BCUT2D eigenvalue weighted by Crippen LogP contribution is -2.62. The highest BCUT2D eigenvalue weighted by Crippen LogP contribution is 2.72. The average Bonchev–Trinajstić information content (AvgIpc) is 3.03. The normalized spacial score (nSPS) is 46.8. The Morgan fingerprint density at radius 3 is 2.42 bits per heavy atom. The van der Waals surface area contributed by atoms with Gasteiger partial charge in [0.25, 0.3) is 0 Å². The van der Waals surface area contributed by atoms with Crippen molar-refractivity contribution in [1.82, 2.24) is 5.32 Å². The molecule has 5 rings (SSSR count). The Balaban J connectivity index is 1.42. The third kappa shape index (κ3) is 4.39. The predicted octanol–water partition coefficient (Wildman–Crippen LogP) is 9.34. The third-order valence-electron chi connectivity index (χ3n) is 13.5. The van der Waals surface area contributed by atoms with Crippen molar-refractivity contribution in [3.8, 4) is 0 Å². The van der Waals surface area contributed by atoms with Gasteiger partial charge in [0, 0.05) is 23.2 Å². The van der Waals surface area contributed by atoms with Gasteiger partial charge in [0.1, 0.15) is 6.29 Å². The van der Waals surface area contributed by atoms with E-state index in [1.54, 1.807) is 0 Å². The molecule has 1 N–H and O–H groups in total. The molecule has 0 saturated heterocycles. The lowest BCUT2D eigenvalue weighted by atomic mass is 9.37.